The summed E-state index contributed by atoms with van der Waals surface area (Å²) >= 11 is 0. The van der Waals surface area contributed by atoms with E-state index in [-0.39, 0.29) is 0 Å². The second-order valence-electron chi connectivity index (χ2n) is 4.45. The molecule has 0 fully saturated rings. The minimum Gasteiger partial charge on any atom is -0.383 e. The smallest absolute Gasteiger partial charge is 0.178 e. The molecule has 0 aliphatic rings. The lowest BCUT2D eigenvalue weighted by Gasteiger charge is -2.06. The van der Waals surface area contributed by atoms with Crippen LogP contribution < -0.4 is 5.32 Å². The van der Waals surface area contributed by atoms with Gasteiger partial charge in [-0.15, -0.1) is 0 Å². The maximum Gasteiger partial charge on any atom is 0.178 e. The number of hydrogen-bond acceptors (Lipinski definition) is 5. The molecule has 1 N–H and O–H groups in total. The van der Waals surface area contributed by atoms with Crippen molar-refractivity contribution in [2.24, 2.45) is 0 Å². The molecule has 0 aliphatic carbocycles. The van der Waals surface area contributed by atoms with Gasteiger partial charge in [0.1, 0.15) is 5.69 Å². The molecule has 0 aromatic carbocycles. The van der Waals surface area contributed by atoms with Crippen LogP contribution in [0.4, 0.5) is 0 Å². The van der Waals surface area contributed by atoms with Gasteiger partial charge in [0.15, 0.2) is 5.82 Å². The fourth-order valence-corrected chi connectivity index (χ4v) is 1.90. The number of nitrogens with zero attached hydrogens (tertiary/aromatic N) is 3. The molecule has 0 bridgehead atoms. The molecule has 0 radical (unpaired) electrons. The van der Waals surface area contributed by atoms with Crippen LogP contribution >= 0.6 is 0 Å². The quantitative estimate of drug-likeness (QED) is 0.779. The lowest BCUT2D eigenvalue weighted by atomic mass is 10.1. The fourth-order valence-electron chi connectivity index (χ4n) is 1.90. The lowest BCUT2D eigenvalue weighted by Crippen LogP contribution is -2.18. The molecular weight excluding hydrogens is 252 g/mol. The van der Waals surface area contributed by atoms with Crippen molar-refractivity contribution in [2.75, 3.05) is 20.3 Å². The van der Waals surface area contributed by atoms with Gasteiger partial charge >= 0.3 is 0 Å². The number of rotatable bonds is 7. The van der Waals surface area contributed by atoms with Gasteiger partial charge in [-0.25, -0.2) is 9.97 Å². The van der Waals surface area contributed by atoms with Crippen molar-refractivity contribution in [1.82, 2.24) is 20.3 Å². The summed E-state index contributed by atoms with van der Waals surface area (Å²) in [5, 5.41) is 3.26. The van der Waals surface area contributed by atoms with Crippen molar-refractivity contribution >= 4 is 0 Å². The average molecular weight is 272 g/mol. The van der Waals surface area contributed by atoms with Gasteiger partial charge in [-0.2, -0.15) is 0 Å². The molecule has 0 unspecified atom stereocenters. The number of ether oxygens (including phenoxy) is 1. The number of hydrogen-bond donors (Lipinski definition) is 1. The topological polar surface area (TPSA) is 59.9 Å². The van der Waals surface area contributed by atoms with Gasteiger partial charge in [-0.3, -0.25) is 4.98 Å². The maximum absolute atomic E-state index is 4.98. The van der Waals surface area contributed by atoms with Gasteiger partial charge in [-0.1, -0.05) is 13.0 Å². The number of pyridine rings is 1. The first-order valence-electron chi connectivity index (χ1n) is 6.80. The van der Waals surface area contributed by atoms with Crippen molar-refractivity contribution in [1.29, 1.82) is 0 Å². The molecule has 2 aromatic heterocycles. The number of nitrogens with one attached hydrogen (secondary N) is 1. The zero-order chi connectivity index (χ0) is 14.2. The molecule has 0 saturated carbocycles. The van der Waals surface area contributed by atoms with Crippen LogP contribution in [-0.4, -0.2) is 35.2 Å². The molecule has 0 atom stereocenters. The van der Waals surface area contributed by atoms with E-state index in [1.54, 1.807) is 13.3 Å². The lowest BCUT2D eigenvalue weighted by molar-refractivity contribution is 0.199. The summed E-state index contributed by atoms with van der Waals surface area (Å²) in [5.74, 6) is 0.683. The molecule has 2 aromatic rings. The third-order valence-electron chi connectivity index (χ3n) is 3.00. The number of aryl methyl sites for hydroxylation is 1. The van der Waals surface area contributed by atoms with Crippen LogP contribution in [0.3, 0.4) is 0 Å². The monoisotopic (exact) mass is 272 g/mol. The van der Waals surface area contributed by atoms with Gasteiger partial charge in [0.05, 0.1) is 6.61 Å². The SMILES string of the molecule is CCc1cccnc1-c1ncc(CNCCOC)cn1. The van der Waals surface area contributed by atoms with E-state index in [1.807, 2.05) is 18.5 Å². The highest BCUT2D eigenvalue weighted by molar-refractivity contribution is 5.54. The average Bonchev–Trinajstić information content (AvgIpc) is 2.52. The van der Waals surface area contributed by atoms with Gasteiger partial charge < -0.3 is 10.1 Å². The van der Waals surface area contributed by atoms with Crippen molar-refractivity contribution in [2.45, 2.75) is 19.9 Å². The van der Waals surface area contributed by atoms with E-state index < -0.39 is 0 Å². The van der Waals surface area contributed by atoms with E-state index in [1.165, 1.54) is 5.56 Å². The fraction of sp³-hybridized carbons (Fsp3) is 0.400. The van der Waals surface area contributed by atoms with Crippen LogP contribution in [0.2, 0.25) is 0 Å². The van der Waals surface area contributed by atoms with Gasteiger partial charge in [0, 0.05) is 44.4 Å². The van der Waals surface area contributed by atoms with Crippen molar-refractivity contribution < 1.29 is 4.74 Å². The van der Waals surface area contributed by atoms with E-state index in [9.17, 15) is 0 Å². The van der Waals surface area contributed by atoms with Crippen LogP contribution in [0, 0.1) is 0 Å². The minimum absolute atomic E-state index is 0.683. The number of aromatic nitrogens is 3. The molecular formula is C15H20N4O. The van der Waals surface area contributed by atoms with Crippen LogP contribution in [0.25, 0.3) is 11.5 Å². The van der Waals surface area contributed by atoms with Crippen molar-refractivity contribution in [3.05, 3.63) is 41.9 Å². The van der Waals surface area contributed by atoms with E-state index in [2.05, 4.69) is 33.3 Å². The Bertz CT molecular complexity index is 528. The Hall–Kier alpha value is -1.85. The zero-order valence-corrected chi connectivity index (χ0v) is 12.0. The van der Waals surface area contributed by atoms with Crippen molar-refractivity contribution in [3.8, 4) is 11.5 Å². The Morgan fingerprint density at radius 1 is 1.20 bits per heavy atom. The summed E-state index contributed by atoms with van der Waals surface area (Å²) in [6.07, 6.45) is 6.39. The molecule has 0 amide bonds. The second kappa shape index (κ2) is 7.67. The van der Waals surface area contributed by atoms with E-state index in [0.717, 1.165) is 30.8 Å². The summed E-state index contributed by atoms with van der Waals surface area (Å²) in [7, 11) is 1.69. The molecule has 106 valence electrons. The van der Waals surface area contributed by atoms with Crippen LogP contribution in [0.15, 0.2) is 30.7 Å². The van der Waals surface area contributed by atoms with E-state index in [0.29, 0.717) is 12.4 Å². The maximum atomic E-state index is 4.98. The highest BCUT2D eigenvalue weighted by Crippen LogP contribution is 2.17. The van der Waals surface area contributed by atoms with E-state index in [4.69, 9.17) is 4.74 Å². The molecule has 0 spiro atoms. The zero-order valence-electron chi connectivity index (χ0n) is 12.0. The predicted molar refractivity (Wildman–Crippen MR) is 78.2 cm³/mol. The Morgan fingerprint density at radius 2 is 2.00 bits per heavy atom. The first-order chi connectivity index (χ1) is 9.85. The second-order valence-corrected chi connectivity index (χ2v) is 4.45. The molecule has 0 saturated heterocycles. The van der Waals surface area contributed by atoms with Crippen LogP contribution in [-0.2, 0) is 17.7 Å². The highest BCUT2D eigenvalue weighted by Gasteiger charge is 2.07. The Labute approximate surface area is 119 Å². The minimum atomic E-state index is 0.683. The molecule has 2 rings (SSSR count). The summed E-state index contributed by atoms with van der Waals surface area (Å²) in [6, 6.07) is 4.00. The summed E-state index contributed by atoms with van der Waals surface area (Å²) < 4.78 is 4.98. The third kappa shape index (κ3) is 3.82. The molecule has 0 aliphatic heterocycles. The largest absolute Gasteiger partial charge is 0.383 e. The Morgan fingerprint density at radius 3 is 2.70 bits per heavy atom. The summed E-state index contributed by atoms with van der Waals surface area (Å²) in [4.78, 5) is 13.2. The standard InChI is InChI=1S/C15H20N4O/c1-3-13-5-4-6-17-14(13)15-18-10-12(11-19-15)9-16-7-8-20-2/h4-6,10-11,16H,3,7-9H2,1-2H3. The Balaban J connectivity index is 2.04. The van der Waals surface area contributed by atoms with Gasteiger partial charge in [-0.05, 0) is 18.1 Å². The van der Waals surface area contributed by atoms with Crippen LogP contribution in [0.1, 0.15) is 18.1 Å². The molecule has 5 heteroatoms. The van der Waals surface area contributed by atoms with Gasteiger partial charge in [0.2, 0.25) is 0 Å². The summed E-state index contributed by atoms with van der Waals surface area (Å²) in [6.45, 7) is 4.37. The summed E-state index contributed by atoms with van der Waals surface area (Å²) in [5.41, 5.74) is 3.09. The van der Waals surface area contributed by atoms with Crippen LogP contribution in [0.5, 0.6) is 0 Å². The van der Waals surface area contributed by atoms with Crippen molar-refractivity contribution in [3.63, 3.8) is 0 Å². The number of methoxy groups -OCH3 is 1. The Kier molecular flexibility index (Phi) is 5.58. The normalized spacial score (nSPS) is 10.7. The first kappa shape index (κ1) is 14.6. The third-order valence-corrected chi connectivity index (χ3v) is 3.00. The molecule has 20 heavy (non-hydrogen) atoms. The molecule has 2 heterocycles. The first-order valence-corrected chi connectivity index (χ1v) is 6.80. The van der Waals surface area contributed by atoms with E-state index >= 15 is 0 Å². The predicted octanol–water partition coefficient (Wildman–Crippen LogP) is 1.84. The highest BCUT2D eigenvalue weighted by atomic mass is 16.5. The van der Waals surface area contributed by atoms with Gasteiger partial charge in [0.25, 0.3) is 0 Å². The molecule has 5 nitrogen and oxygen atoms in total.